The molecule has 0 saturated carbocycles. The van der Waals surface area contributed by atoms with Gasteiger partial charge in [0.05, 0.1) is 12.6 Å². The third-order valence-corrected chi connectivity index (χ3v) is 3.39. The van der Waals surface area contributed by atoms with Crippen LogP contribution < -0.4 is 27.4 Å². The van der Waals surface area contributed by atoms with E-state index in [-0.39, 0.29) is 11.9 Å². The summed E-state index contributed by atoms with van der Waals surface area (Å²) in [6.07, 6.45) is 0.811. The zero-order chi connectivity index (χ0) is 19.6. The predicted molar refractivity (Wildman–Crippen MR) is 90.5 cm³/mol. The molecule has 0 saturated heterocycles. The number of aliphatic carboxylic acids is 1. The average molecular weight is 360 g/mol. The van der Waals surface area contributed by atoms with Crippen molar-refractivity contribution in [1.82, 2.24) is 16.0 Å². The molecular formula is C14H28N6O5. The van der Waals surface area contributed by atoms with E-state index >= 15 is 0 Å². The molecule has 25 heavy (non-hydrogen) atoms. The van der Waals surface area contributed by atoms with Gasteiger partial charge in [0.1, 0.15) is 12.1 Å². The topological polar surface area (TPSA) is 204 Å². The van der Waals surface area contributed by atoms with Gasteiger partial charge in [0.25, 0.3) is 0 Å². The quantitative estimate of drug-likeness (QED) is 0.110. The summed E-state index contributed by atoms with van der Waals surface area (Å²) in [6.45, 7) is 2.99. The van der Waals surface area contributed by atoms with Crippen LogP contribution in [-0.2, 0) is 14.4 Å². The maximum absolute atomic E-state index is 12.2. The molecule has 0 unspecified atom stereocenters. The standard InChI is InChI=1S/C14H28N6O5/c1-7(2)10(12(23)19-9(6-21)13(24)25)20-11(22)8(15)4-3-5-18-14(16)17/h7-10,21H,3-6,15H2,1-2H3,(H,19,23)(H,20,22)(H,24,25)(H4,16,17,18)/t8-,9-,10-/m0/s1. The normalized spacial score (nSPS) is 14.3. The average Bonchev–Trinajstić information content (AvgIpc) is 2.52. The second-order valence-electron chi connectivity index (χ2n) is 5.90. The largest absolute Gasteiger partial charge is 0.480 e. The Kier molecular flexibility index (Phi) is 10.1. The van der Waals surface area contributed by atoms with Crippen molar-refractivity contribution in [2.24, 2.45) is 17.4 Å². The molecule has 0 rings (SSSR count). The third-order valence-electron chi connectivity index (χ3n) is 3.39. The molecule has 0 spiro atoms. The number of carbonyl (C=O) groups is 3. The second kappa shape index (κ2) is 11.2. The first-order valence-electron chi connectivity index (χ1n) is 7.88. The van der Waals surface area contributed by atoms with E-state index in [2.05, 4.69) is 16.0 Å². The van der Waals surface area contributed by atoms with Crippen molar-refractivity contribution in [3.8, 4) is 0 Å². The molecule has 11 heteroatoms. The summed E-state index contributed by atoms with van der Waals surface area (Å²) in [6, 6.07) is -3.30. The Morgan fingerprint density at radius 1 is 1.16 bits per heavy atom. The molecule has 0 aliphatic rings. The molecule has 144 valence electrons. The number of aliphatic hydroxyl groups is 1. The van der Waals surface area contributed by atoms with E-state index in [1.54, 1.807) is 13.8 Å². The first kappa shape index (κ1) is 22.6. The lowest BCUT2D eigenvalue weighted by Gasteiger charge is -2.24. The fourth-order valence-electron chi connectivity index (χ4n) is 1.92. The number of amides is 2. The van der Waals surface area contributed by atoms with Gasteiger partial charge in [-0.25, -0.2) is 4.79 Å². The molecular weight excluding hydrogens is 332 g/mol. The lowest BCUT2D eigenvalue weighted by Crippen LogP contribution is -2.57. The van der Waals surface area contributed by atoms with Crippen molar-refractivity contribution in [3.63, 3.8) is 0 Å². The molecule has 3 atom stereocenters. The number of nitrogens with two attached hydrogens (primary N) is 2. The van der Waals surface area contributed by atoms with Gasteiger partial charge < -0.3 is 37.6 Å². The van der Waals surface area contributed by atoms with Crippen molar-refractivity contribution in [2.75, 3.05) is 13.2 Å². The molecule has 0 bridgehead atoms. The van der Waals surface area contributed by atoms with Crippen LogP contribution in [0.15, 0.2) is 0 Å². The molecule has 0 aliphatic heterocycles. The van der Waals surface area contributed by atoms with Crippen LogP contribution in [-0.4, -0.2) is 65.2 Å². The van der Waals surface area contributed by atoms with Gasteiger partial charge in [-0.15, -0.1) is 0 Å². The van der Waals surface area contributed by atoms with E-state index in [1.165, 1.54) is 0 Å². The highest BCUT2D eigenvalue weighted by Crippen LogP contribution is 2.04. The molecule has 0 aliphatic carbocycles. The van der Waals surface area contributed by atoms with Gasteiger partial charge in [-0.2, -0.15) is 0 Å². The highest BCUT2D eigenvalue weighted by atomic mass is 16.4. The SMILES string of the molecule is CC(C)[C@H](NC(=O)[C@@H](N)CCCNC(=N)N)C(=O)N[C@@H](CO)C(=O)O. The summed E-state index contributed by atoms with van der Waals surface area (Å²) in [5.41, 5.74) is 10.9. The number of hydrogen-bond donors (Lipinski definition) is 8. The highest BCUT2D eigenvalue weighted by molar-refractivity contribution is 5.91. The zero-order valence-electron chi connectivity index (χ0n) is 14.4. The smallest absolute Gasteiger partial charge is 0.328 e. The van der Waals surface area contributed by atoms with E-state index < -0.39 is 42.5 Å². The maximum atomic E-state index is 12.2. The molecule has 0 heterocycles. The second-order valence-corrected chi connectivity index (χ2v) is 5.90. The molecule has 0 radical (unpaired) electrons. The van der Waals surface area contributed by atoms with Crippen molar-refractivity contribution in [2.45, 2.75) is 44.8 Å². The van der Waals surface area contributed by atoms with Crippen molar-refractivity contribution < 1.29 is 24.6 Å². The number of carboxylic acid groups (broad SMARTS) is 1. The van der Waals surface area contributed by atoms with Gasteiger partial charge >= 0.3 is 5.97 Å². The number of nitrogens with one attached hydrogen (secondary N) is 4. The van der Waals surface area contributed by atoms with E-state index in [4.69, 9.17) is 27.1 Å². The van der Waals surface area contributed by atoms with Crippen LogP contribution >= 0.6 is 0 Å². The number of hydrogen-bond acceptors (Lipinski definition) is 6. The Labute approximate surface area is 146 Å². The Balaban J connectivity index is 4.63. The minimum atomic E-state index is -1.45. The van der Waals surface area contributed by atoms with Gasteiger partial charge in [0.2, 0.25) is 11.8 Å². The van der Waals surface area contributed by atoms with Crippen LogP contribution in [0.2, 0.25) is 0 Å². The van der Waals surface area contributed by atoms with E-state index in [0.717, 1.165) is 0 Å². The van der Waals surface area contributed by atoms with E-state index in [9.17, 15) is 14.4 Å². The molecule has 2 amide bonds. The lowest BCUT2D eigenvalue weighted by atomic mass is 10.0. The molecule has 0 aromatic carbocycles. The predicted octanol–water partition coefficient (Wildman–Crippen LogP) is -2.72. The van der Waals surface area contributed by atoms with Crippen LogP contribution in [0.1, 0.15) is 26.7 Å². The zero-order valence-corrected chi connectivity index (χ0v) is 14.4. The Morgan fingerprint density at radius 3 is 2.20 bits per heavy atom. The van der Waals surface area contributed by atoms with Crippen molar-refractivity contribution >= 4 is 23.7 Å². The molecule has 0 aromatic rings. The summed E-state index contributed by atoms with van der Waals surface area (Å²) in [5, 5.41) is 32.1. The number of aliphatic hydroxyl groups excluding tert-OH is 1. The van der Waals surface area contributed by atoms with Gasteiger partial charge in [-0.3, -0.25) is 15.0 Å². The van der Waals surface area contributed by atoms with Crippen LogP contribution in [0.3, 0.4) is 0 Å². The monoisotopic (exact) mass is 360 g/mol. The molecule has 10 N–H and O–H groups in total. The first-order valence-corrected chi connectivity index (χ1v) is 7.88. The summed E-state index contributed by atoms with van der Waals surface area (Å²) in [7, 11) is 0. The fourth-order valence-corrected chi connectivity index (χ4v) is 1.92. The van der Waals surface area contributed by atoms with E-state index in [1.807, 2.05) is 0 Å². The minimum absolute atomic E-state index is 0.175. The van der Waals surface area contributed by atoms with Gasteiger partial charge in [-0.05, 0) is 18.8 Å². The van der Waals surface area contributed by atoms with Gasteiger partial charge in [0, 0.05) is 6.54 Å². The lowest BCUT2D eigenvalue weighted by molar-refractivity contribution is -0.143. The maximum Gasteiger partial charge on any atom is 0.328 e. The summed E-state index contributed by atoms with van der Waals surface area (Å²) >= 11 is 0. The fraction of sp³-hybridized carbons (Fsp3) is 0.714. The van der Waals surface area contributed by atoms with Gasteiger partial charge in [-0.1, -0.05) is 13.8 Å². The number of rotatable bonds is 11. The van der Waals surface area contributed by atoms with Crippen LogP contribution in [0.25, 0.3) is 0 Å². The van der Waals surface area contributed by atoms with Crippen molar-refractivity contribution in [3.05, 3.63) is 0 Å². The van der Waals surface area contributed by atoms with Gasteiger partial charge in [0.15, 0.2) is 5.96 Å². The molecule has 0 fully saturated rings. The Bertz CT molecular complexity index is 484. The Morgan fingerprint density at radius 2 is 1.76 bits per heavy atom. The number of carboxylic acids is 1. The highest BCUT2D eigenvalue weighted by Gasteiger charge is 2.29. The van der Waals surface area contributed by atoms with Crippen LogP contribution in [0, 0.1) is 11.3 Å². The summed E-state index contributed by atoms with van der Waals surface area (Å²) < 4.78 is 0. The van der Waals surface area contributed by atoms with Crippen LogP contribution in [0.5, 0.6) is 0 Å². The molecule has 11 nitrogen and oxygen atoms in total. The first-order chi connectivity index (χ1) is 11.6. The third kappa shape index (κ3) is 8.86. The molecule has 0 aromatic heterocycles. The summed E-state index contributed by atoms with van der Waals surface area (Å²) in [4.78, 5) is 35.1. The van der Waals surface area contributed by atoms with Crippen molar-refractivity contribution in [1.29, 1.82) is 5.41 Å². The number of guanidine groups is 1. The summed E-state index contributed by atoms with van der Waals surface area (Å²) in [5.74, 6) is -3.13. The number of carbonyl (C=O) groups excluding carboxylic acids is 2. The van der Waals surface area contributed by atoms with E-state index in [0.29, 0.717) is 19.4 Å². The minimum Gasteiger partial charge on any atom is -0.480 e. The Hall–Kier alpha value is -2.40. The van der Waals surface area contributed by atoms with Crippen LogP contribution in [0.4, 0.5) is 0 Å².